The van der Waals surface area contributed by atoms with Gasteiger partial charge in [-0.05, 0) is 23.8 Å². The second-order valence-electron chi connectivity index (χ2n) is 7.47. The number of hydrogen-bond donors (Lipinski definition) is 1. The monoisotopic (exact) mass is 452 g/mol. The third-order valence-corrected chi connectivity index (χ3v) is 5.30. The maximum Gasteiger partial charge on any atom is 0.416 e. The van der Waals surface area contributed by atoms with Crippen LogP contribution in [0, 0.1) is 0 Å². The summed E-state index contributed by atoms with van der Waals surface area (Å²) < 4.78 is 44.1. The molecule has 0 saturated heterocycles. The normalized spacial score (nSPS) is 12.5. The molecule has 0 bridgehead atoms. The molecule has 0 aliphatic carbocycles. The molecule has 0 radical (unpaired) electrons. The van der Waals surface area contributed by atoms with Crippen molar-refractivity contribution in [2.24, 2.45) is 0 Å². The molecule has 33 heavy (non-hydrogen) atoms. The average Bonchev–Trinajstić information content (AvgIpc) is 2.81. The minimum absolute atomic E-state index is 0.163. The van der Waals surface area contributed by atoms with Gasteiger partial charge in [0.05, 0.1) is 29.3 Å². The Balaban J connectivity index is 1.72. The standard InChI is InChI=1S/C25H19F3N2O3/c1-33-24(32)21(14-15-7-6-8-16(13-15)25(26,27)28)30-23(31)22-17-9-2-4-11-19(17)29-20-12-5-3-10-18(20)22/h2-13,21H,14H2,1H3,(H,30,31)/t21-/m1/s1. The van der Waals surface area contributed by atoms with Crippen LogP contribution in [0.15, 0.2) is 72.8 Å². The number of hydrogen-bond acceptors (Lipinski definition) is 4. The van der Waals surface area contributed by atoms with Gasteiger partial charge in [-0.2, -0.15) is 13.2 Å². The summed E-state index contributed by atoms with van der Waals surface area (Å²) in [7, 11) is 1.16. The molecule has 0 aliphatic heterocycles. The summed E-state index contributed by atoms with van der Waals surface area (Å²) in [5.41, 5.74) is 0.947. The lowest BCUT2D eigenvalue weighted by molar-refractivity contribution is -0.142. The Morgan fingerprint density at radius 2 is 1.55 bits per heavy atom. The van der Waals surface area contributed by atoms with Crippen LogP contribution in [0.2, 0.25) is 0 Å². The van der Waals surface area contributed by atoms with E-state index in [-0.39, 0.29) is 12.0 Å². The van der Waals surface area contributed by atoms with E-state index in [4.69, 9.17) is 4.74 Å². The summed E-state index contributed by atoms with van der Waals surface area (Å²) >= 11 is 0. The van der Waals surface area contributed by atoms with Crippen molar-refractivity contribution in [3.8, 4) is 0 Å². The Kier molecular flexibility index (Phi) is 6.00. The fraction of sp³-hybridized carbons (Fsp3) is 0.160. The first-order valence-corrected chi connectivity index (χ1v) is 10.1. The van der Waals surface area contributed by atoms with Crippen LogP contribution in [0.3, 0.4) is 0 Å². The zero-order valence-electron chi connectivity index (χ0n) is 17.5. The lowest BCUT2D eigenvalue weighted by Gasteiger charge is -2.19. The summed E-state index contributed by atoms with van der Waals surface area (Å²) in [5, 5.41) is 3.84. The predicted octanol–water partition coefficient (Wildman–Crippen LogP) is 4.92. The van der Waals surface area contributed by atoms with E-state index in [1.807, 2.05) is 0 Å². The number of ether oxygens (including phenoxy) is 1. The van der Waals surface area contributed by atoms with Crippen molar-refractivity contribution in [2.45, 2.75) is 18.6 Å². The first-order chi connectivity index (χ1) is 15.8. The first kappa shape index (κ1) is 22.3. The second-order valence-corrected chi connectivity index (χ2v) is 7.47. The molecule has 5 nitrogen and oxygen atoms in total. The quantitative estimate of drug-likeness (QED) is 0.345. The van der Waals surface area contributed by atoms with E-state index in [0.717, 1.165) is 19.2 Å². The Morgan fingerprint density at radius 1 is 0.939 bits per heavy atom. The number of carbonyl (C=O) groups excluding carboxylic acids is 2. The fourth-order valence-electron chi connectivity index (χ4n) is 3.76. The molecule has 0 fully saturated rings. The van der Waals surface area contributed by atoms with Crippen molar-refractivity contribution in [3.63, 3.8) is 0 Å². The molecular weight excluding hydrogens is 433 g/mol. The van der Waals surface area contributed by atoms with Gasteiger partial charge in [0.1, 0.15) is 6.04 Å². The Bertz CT molecular complexity index is 1300. The smallest absolute Gasteiger partial charge is 0.416 e. The van der Waals surface area contributed by atoms with E-state index in [1.54, 1.807) is 48.5 Å². The van der Waals surface area contributed by atoms with Crippen molar-refractivity contribution in [3.05, 3.63) is 89.5 Å². The zero-order chi connectivity index (χ0) is 23.6. The number of pyridine rings is 1. The number of alkyl halides is 3. The van der Waals surface area contributed by atoms with Crippen molar-refractivity contribution in [1.29, 1.82) is 0 Å². The van der Waals surface area contributed by atoms with Gasteiger partial charge >= 0.3 is 12.1 Å². The molecule has 0 saturated carbocycles. The molecule has 4 aromatic rings. The van der Waals surface area contributed by atoms with Gasteiger partial charge in [-0.3, -0.25) is 4.79 Å². The predicted molar refractivity (Wildman–Crippen MR) is 118 cm³/mol. The van der Waals surface area contributed by atoms with Gasteiger partial charge in [-0.1, -0.05) is 54.6 Å². The molecule has 8 heteroatoms. The van der Waals surface area contributed by atoms with Crippen LogP contribution >= 0.6 is 0 Å². The number of nitrogens with one attached hydrogen (secondary N) is 1. The highest BCUT2D eigenvalue weighted by molar-refractivity contribution is 6.16. The van der Waals surface area contributed by atoms with Crippen LogP contribution in [0.25, 0.3) is 21.8 Å². The lowest BCUT2D eigenvalue weighted by Crippen LogP contribution is -2.43. The molecule has 168 valence electrons. The van der Waals surface area contributed by atoms with Gasteiger partial charge in [0.15, 0.2) is 0 Å². The number of fused-ring (bicyclic) bond motifs is 2. The third-order valence-electron chi connectivity index (χ3n) is 5.30. The highest BCUT2D eigenvalue weighted by Crippen LogP contribution is 2.30. The number of aromatic nitrogens is 1. The number of benzene rings is 3. The van der Waals surface area contributed by atoms with Crippen molar-refractivity contribution in [2.75, 3.05) is 7.11 Å². The first-order valence-electron chi connectivity index (χ1n) is 10.1. The number of para-hydroxylation sites is 2. The summed E-state index contributed by atoms with van der Waals surface area (Å²) in [6.07, 6.45) is -4.68. The van der Waals surface area contributed by atoms with E-state index >= 15 is 0 Å². The van der Waals surface area contributed by atoms with Gasteiger partial charge in [0, 0.05) is 17.2 Å². The Morgan fingerprint density at radius 3 is 2.12 bits per heavy atom. The van der Waals surface area contributed by atoms with E-state index in [0.29, 0.717) is 27.4 Å². The van der Waals surface area contributed by atoms with Gasteiger partial charge in [0.25, 0.3) is 5.91 Å². The summed E-state index contributed by atoms with van der Waals surface area (Å²) in [4.78, 5) is 30.4. The number of methoxy groups -OCH3 is 1. The molecule has 0 spiro atoms. The second kappa shape index (κ2) is 8.90. The third kappa shape index (κ3) is 4.64. The number of esters is 1. The van der Waals surface area contributed by atoms with Gasteiger partial charge in [-0.15, -0.1) is 0 Å². The molecule has 3 aromatic carbocycles. The molecule has 0 aliphatic rings. The average molecular weight is 452 g/mol. The topological polar surface area (TPSA) is 68.3 Å². The number of rotatable bonds is 5. The molecule has 1 atom stereocenters. The van der Waals surface area contributed by atoms with Gasteiger partial charge in [0.2, 0.25) is 0 Å². The van der Waals surface area contributed by atoms with Crippen LogP contribution in [0.5, 0.6) is 0 Å². The van der Waals surface area contributed by atoms with Crippen molar-refractivity contribution < 1.29 is 27.5 Å². The minimum Gasteiger partial charge on any atom is -0.467 e. The van der Waals surface area contributed by atoms with Crippen LogP contribution in [0.1, 0.15) is 21.5 Å². The fourth-order valence-corrected chi connectivity index (χ4v) is 3.76. The lowest BCUT2D eigenvalue weighted by atomic mass is 10.00. The minimum atomic E-state index is -4.52. The number of nitrogens with zero attached hydrogens (tertiary/aromatic N) is 1. The molecular formula is C25H19F3N2O3. The van der Waals surface area contributed by atoms with Gasteiger partial charge < -0.3 is 10.1 Å². The Labute approximate surface area is 187 Å². The number of carbonyl (C=O) groups is 2. The van der Waals surface area contributed by atoms with Gasteiger partial charge in [-0.25, -0.2) is 9.78 Å². The largest absolute Gasteiger partial charge is 0.467 e. The summed E-state index contributed by atoms with van der Waals surface area (Å²) in [6, 6.07) is 17.7. The summed E-state index contributed by atoms with van der Waals surface area (Å²) in [6.45, 7) is 0. The summed E-state index contributed by atoms with van der Waals surface area (Å²) in [5.74, 6) is -1.31. The SMILES string of the molecule is COC(=O)[C@@H](Cc1cccc(C(F)(F)F)c1)NC(=O)c1c2ccccc2nc2ccccc12. The van der Waals surface area contributed by atoms with Crippen LogP contribution < -0.4 is 5.32 Å². The van der Waals surface area contributed by atoms with Crippen LogP contribution in [0.4, 0.5) is 13.2 Å². The van der Waals surface area contributed by atoms with Crippen LogP contribution in [-0.4, -0.2) is 30.0 Å². The zero-order valence-corrected chi connectivity index (χ0v) is 17.5. The van der Waals surface area contributed by atoms with E-state index < -0.39 is 29.7 Å². The molecule has 1 amide bonds. The maximum atomic E-state index is 13.4. The highest BCUT2D eigenvalue weighted by atomic mass is 19.4. The number of halogens is 3. The van der Waals surface area contributed by atoms with Crippen molar-refractivity contribution >= 4 is 33.7 Å². The maximum absolute atomic E-state index is 13.4. The van der Waals surface area contributed by atoms with E-state index in [1.165, 1.54) is 12.1 Å². The van der Waals surface area contributed by atoms with E-state index in [9.17, 15) is 22.8 Å². The molecule has 4 rings (SSSR count). The molecule has 1 aromatic heterocycles. The molecule has 0 unspecified atom stereocenters. The van der Waals surface area contributed by atoms with E-state index in [2.05, 4.69) is 10.3 Å². The molecule has 1 N–H and O–H groups in total. The van der Waals surface area contributed by atoms with Crippen LogP contribution in [-0.2, 0) is 22.1 Å². The van der Waals surface area contributed by atoms with Crippen molar-refractivity contribution in [1.82, 2.24) is 10.3 Å². The highest BCUT2D eigenvalue weighted by Gasteiger charge is 2.31. The Hall–Kier alpha value is -3.94. The number of amides is 1. The molecule has 1 heterocycles.